The Morgan fingerprint density at radius 2 is 1.96 bits per heavy atom. The fraction of sp³-hybridized carbons (Fsp3) is 0.368. The van der Waals surface area contributed by atoms with E-state index in [-0.39, 0.29) is 11.7 Å². The SMILES string of the molecule is CN(CCc1ccncc1)C(=O)c1cccc(N2CCCCS2(=O)=O)c1. The van der Waals surface area contributed by atoms with Crippen LogP contribution in [-0.2, 0) is 16.4 Å². The van der Waals surface area contributed by atoms with Crippen LogP contribution in [0.15, 0.2) is 48.8 Å². The number of anilines is 1. The number of likely N-dealkylation sites (N-methyl/N-ethyl adjacent to an activating group) is 1. The number of carbonyl (C=O) groups excluding carboxylic acids is 1. The largest absolute Gasteiger partial charge is 0.341 e. The third kappa shape index (κ3) is 4.22. The molecule has 1 saturated heterocycles. The Hall–Kier alpha value is -2.41. The molecule has 2 aromatic rings. The van der Waals surface area contributed by atoms with Crippen molar-refractivity contribution >= 4 is 21.6 Å². The van der Waals surface area contributed by atoms with Crippen molar-refractivity contribution in [2.24, 2.45) is 0 Å². The van der Waals surface area contributed by atoms with Gasteiger partial charge in [-0.3, -0.25) is 14.1 Å². The quantitative estimate of drug-likeness (QED) is 0.806. The molecule has 26 heavy (non-hydrogen) atoms. The van der Waals surface area contributed by atoms with Crippen molar-refractivity contribution in [2.45, 2.75) is 19.3 Å². The molecule has 0 bridgehead atoms. The Bertz CT molecular complexity index is 869. The summed E-state index contributed by atoms with van der Waals surface area (Å²) < 4.78 is 26.0. The van der Waals surface area contributed by atoms with E-state index in [0.29, 0.717) is 30.8 Å². The second kappa shape index (κ2) is 7.86. The Morgan fingerprint density at radius 3 is 2.69 bits per heavy atom. The zero-order valence-electron chi connectivity index (χ0n) is 14.8. The molecule has 0 N–H and O–H groups in total. The summed E-state index contributed by atoms with van der Waals surface area (Å²) in [6, 6.07) is 10.7. The lowest BCUT2D eigenvalue weighted by atomic mass is 10.1. The van der Waals surface area contributed by atoms with Crippen LogP contribution in [0.1, 0.15) is 28.8 Å². The highest BCUT2D eigenvalue weighted by molar-refractivity contribution is 7.92. The Morgan fingerprint density at radius 1 is 1.19 bits per heavy atom. The molecule has 1 fully saturated rings. The zero-order chi connectivity index (χ0) is 18.6. The summed E-state index contributed by atoms with van der Waals surface area (Å²) in [5, 5.41) is 0. The van der Waals surface area contributed by atoms with E-state index >= 15 is 0 Å². The second-order valence-corrected chi connectivity index (χ2v) is 8.49. The minimum atomic E-state index is -3.28. The van der Waals surface area contributed by atoms with Gasteiger partial charge in [-0.05, 0) is 55.2 Å². The molecule has 0 saturated carbocycles. The Balaban J connectivity index is 1.71. The molecule has 7 heteroatoms. The van der Waals surface area contributed by atoms with E-state index in [4.69, 9.17) is 0 Å². The van der Waals surface area contributed by atoms with Crippen molar-refractivity contribution in [3.63, 3.8) is 0 Å². The molecule has 1 aromatic carbocycles. The molecule has 0 radical (unpaired) electrons. The van der Waals surface area contributed by atoms with E-state index < -0.39 is 10.0 Å². The van der Waals surface area contributed by atoms with E-state index in [1.54, 1.807) is 48.6 Å². The fourth-order valence-corrected chi connectivity index (χ4v) is 4.67. The monoisotopic (exact) mass is 373 g/mol. The van der Waals surface area contributed by atoms with Gasteiger partial charge >= 0.3 is 0 Å². The lowest BCUT2D eigenvalue weighted by Crippen LogP contribution is -2.38. The van der Waals surface area contributed by atoms with Gasteiger partial charge in [-0.25, -0.2) is 8.42 Å². The molecule has 1 amide bonds. The van der Waals surface area contributed by atoms with Crippen molar-refractivity contribution in [3.05, 3.63) is 59.9 Å². The highest BCUT2D eigenvalue weighted by Crippen LogP contribution is 2.24. The summed E-state index contributed by atoms with van der Waals surface area (Å²) in [7, 11) is -1.53. The summed E-state index contributed by atoms with van der Waals surface area (Å²) in [4.78, 5) is 18.4. The van der Waals surface area contributed by atoms with Crippen LogP contribution in [0, 0.1) is 0 Å². The van der Waals surface area contributed by atoms with Crippen molar-refractivity contribution < 1.29 is 13.2 Å². The summed E-state index contributed by atoms with van der Waals surface area (Å²) in [5.74, 6) is 0.0482. The van der Waals surface area contributed by atoms with E-state index in [1.807, 2.05) is 12.1 Å². The maximum atomic E-state index is 12.7. The number of carbonyl (C=O) groups is 1. The summed E-state index contributed by atoms with van der Waals surface area (Å²) in [6.07, 6.45) is 5.74. The highest BCUT2D eigenvalue weighted by Gasteiger charge is 2.26. The lowest BCUT2D eigenvalue weighted by molar-refractivity contribution is 0.0796. The molecule has 0 atom stereocenters. The average molecular weight is 373 g/mol. The third-order valence-corrected chi connectivity index (χ3v) is 6.43. The predicted molar refractivity (Wildman–Crippen MR) is 102 cm³/mol. The molecule has 1 aliphatic rings. The van der Waals surface area contributed by atoms with E-state index in [0.717, 1.165) is 18.4 Å². The van der Waals surface area contributed by atoms with Crippen LogP contribution in [-0.4, -0.2) is 50.1 Å². The standard InChI is InChI=1S/C19H23N3O3S/c1-21(13-9-16-7-10-20-11-8-16)19(23)17-5-4-6-18(15-17)22-12-2-3-14-26(22,24)25/h4-8,10-11,15H,2-3,9,12-14H2,1H3. The molecule has 3 rings (SSSR count). The number of nitrogens with zero attached hydrogens (tertiary/aromatic N) is 3. The maximum Gasteiger partial charge on any atom is 0.253 e. The van der Waals surface area contributed by atoms with Gasteiger partial charge in [-0.2, -0.15) is 0 Å². The topological polar surface area (TPSA) is 70.6 Å². The van der Waals surface area contributed by atoms with Gasteiger partial charge in [0.2, 0.25) is 10.0 Å². The van der Waals surface area contributed by atoms with Crippen LogP contribution in [0.5, 0.6) is 0 Å². The number of sulfonamides is 1. The van der Waals surface area contributed by atoms with Crippen molar-refractivity contribution in [1.29, 1.82) is 0 Å². The number of amides is 1. The predicted octanol–water partition coefficient (Wildman–Crippen LogP) is 2.33. The molecule has 1 aromatic heterocycles. The molecule has 6 nitrogen and oxygen atoms in total. The molecule has 2 heterocycles. The summed E-state index contributed by atoms with van der Waals surface area (Å²) in [5.41, 5.74) is 2.19. The van der Waals surface area contributed by atoms with Crippen LogP contribution < -0.4 is 4.31 Å². The number of pyridine rings is 1. The first-order valence-corrected chi connectivity index (χ1v) is 10.3. The number of hydrogen-bond donors (Lipinski definition) is 0. The summed E-state index contributed by atoms with van der Waals surface area (Å²) in [6.45, 7) is 1.05. The second-order valence-electron chi connectivity index (χ2n) is 6.48. The molecule has 0 aliphatic carbocycles. The van der Waals surface area contributed by atoms with Crippen LogP contribution in [0.25, 0.3) is 0 Å². The van der Waals surface area contributed by atoms with Gasteiger partial charge < -0.3 is 4.90 Å². The zero-order valence-corrected chi connectivity index (χ0v) is 15.7. The fourth-order valence-electron chi connectivity index (χ4n) is 3.04. The Labute approximate surface area is 154 Å². The van der Waals surface area contributed by atoms with Crippen LogP contribution in [0.4, 0.5) is 5.69 Å². The van der Waals surface area contributed by atoms with E-state index in [2.05, 4.69) is 4.98 Å². The average Bonchev–Trinajstić information content (AvgIpc) is 2.66. The first kappa shape index (κ1) is 18.4. The van der Waals surface area contributed by atoms with Gasteiger partial charge in [0, 0.05) is 38.1 Å². The normalized spacial score (nSPS) is 16.3. The molecule has 0 spiro atoms. The van der Waals surface area contributed by atoms with Crippen molar-refractivity contribution in [1.82, 2.24) is 9.88 Å². The molecular weight excluding hydrogens is 350 g/mol. The van der Waals surface area contributed by atoms with Crippen LogP contribution in [0.3, 0.4) is 0 Å². The first-order chi connectivity index (χ1) is 12.5. The van der Waals surface area contributed by atoms with Gasteiger partial charge in [0.05, 0.1) is 11.4 Å². The van der Waals surface area contributed by atoms with E-state index in [1.165, 1.54) is 4.31 Å². The van der Waals surface area contributed by atoms with Crippen molar-refractivity contribution in [3.8, 4) is 0 Å². The summed E-state index contributed by atoms with van der Waals surface area (Å²) >= 11 is 0. The molecule has 1 aliphatic heterocycles. The number of rotatable bonds is 5. The lowest BCUT2D eigenvalue weighted by Gasteiger charge is -2.28. The minimum Gasteiger partial charge on any atom is -0.341 e. The smallest absolute Gasteiger partial charge is 0.253 e. The number of hydrogen-bond acceptors (Lipinski definition) is 4. The number of benzene rings is 1. The Kier molecular flexibility index (Phi) is 5.56. The molecule has 138 valence electrons. The third-order valence-electron chi connectivity index (χ3n) is 4.56. The number of aromatic nitrogens is 1. The van der Waals surface area contributed by atoms with Gasteiger partial charge in [-0.15, -0.1) is 0 Å². The van der Waals surface area contributed by atoms with Crippen LogP contribution in [0.2, 0.25) is 0 Å². The molecule has 0 unspecified atom stereocenters. The first-order valence-electron chi connectivity index (χ1n) is 8.72. The van der Waals surface area contributed by atoms with Gasteiger partial charge in [0.15, 0.2) is 0 Å². The van der Waals surface area contributed by atoms with Crippen molar-refractivity contribution in [2.75, 3.05) is 30.2 Å². The highest BCUT2D eigenvalue weighted by atomic mass is 32.2. The van der Waals surface area contributed by atoms with Gasteiger partial charge in [-0.1, -0.05) is 6.07 Å². The molecular formula is C19H23N3O3S. The van der Waals surface area contributed by atoms with E-state index in [9.17, 15) is 13.2 Å². The maximum absolute atomic E-state index is 12.7. The minimum absolute atomic E-state index is 0.115. The van der Waals surface area contributed by atoms with Gasteiger partial charge in [0.1, 0.15) is 0 Å². The van der Waals surface area contributed by atoms with Crippen LogP contribution >= 0.6 is 0 Å². The van der Waals surface area contributed by atoms with Gasteiger partial charge in [0.25, 0.3) is 5.91 Å².